The van der Waals surface area contributed by atoms with Crippen molar-refractivity contribution >= 4 is 0 Å². The van der Waals surface area contributed by atoms with Crippen LogP contribution in [0.5, 0.6) is 0 Å². The summed E-state index contributed by atoms with van der Waals surface area (Å²) in [4.78, 5) is 0. The molecular formula is C18H26. The molecule has 1 aromatic rings. The number of hydrogen-bond donors (Lipinski definition) is 0. The Morgan fingerprint density at radius 2 is 1.89 bits per heavy atom. The molecule has 5 aliphatic rings. The summed E-state index contributed by atoms with van der Waals surface area (Å²) in [6, 6.07) is 7.21. The third-order valence-electron chi connectivity index (χ3n) is 5.49. The van der Waals surface area contributed by atoms with Crippen molar-refractivity contribution in [1.82, 2.24) is 0 Å². The summed E-state index contributed by atoms with van der Waals surface area (Å²) in [7, 11) is 0. The van der Waals surface area contributed by atoms with Crippen molar-refractivity contribution in [3.8, 4) is 0 Å². The van der Waals surface area contributed by atoms with Gasteiger partial charge in [0.25, 0.3) is 0 Å². The molecule has 0 aromatic heterocycles. The zero-order valence-corrected chi connectivity index (χ0v) is 11.9. The average Bonchev–Trinajstić information content (AvgIpc) is 2.34. The van der Waals surface area contributed by atoms with Crippen molar-refractivity contribution < 1.29 is 0 Å². The van der Waals surface area contributed by atoms with E-state index >= 15 is 0 Å². The van der Waals surface area contributed by atoms with Crippen molar-refractivity contribution in [2.75, 3.05) is 0 Å². The van der Waals surface area contributed by atoms with Crippen LogP contribution in [0.2, 0.25) is 0 Å². The van der Waals surface area contributed by atoms with Gasteiger partial charge in [0.15, 0.2) is 0 Å². The summed E-state index contributed by atoms with van der Waals surface area (Å²) in [5.41, 5.74) is 4.68. The van der Waals surface area contributed by atoms with E-state index in [0.717, 1.165) is 17.8 Å². The Hall–Kier alpha value is -0.780. The Kier molecular flexibility index (Phi) is 3.46. The van der Waals surface area contributed by atoms with E-state index in [0.29, 0.717) is 0 Å². The van der Waals surface area contributed by atoms with Gasteiger partial charge in [-0.1, -0.05) is 31.5 Å². The van der Waals surface area contributed by atoms with Crippen molar-refractivity contribution in [3.63, 3.8) is 0 Å². The lowest BCUT2D eigenvalue weighted by atomic mass is 9.71. The van der Waals surface area contributed by atoms with Gasteiger partial charge < -0.3 is 0 Å². The Labute approximate surface area is 112 Å². The minimum Gasteiger partial charge on any atom is -0.0622 e. The fraction of sp³-hybridized carbons (Fsp3) is 0.667. The van der Waals surface area contributed by atoms with E-state index in [-0.39, 0.29) is 0 Å². The van der Waals surface area contributed by atoms with Gasteiger partial charge in [-0.3, -0.25) is 0 Å². The van der Waals surface area contributed by atoms with Gasteiger partial charge in [-0.15, -0.1) is 0 Å². The van der Waals surface area contributed by atoms with E-state index < -0.39 is 0 Å². The monoisotopic (exact) mass is 242 g/mol. The van der Waals surface area contributed by atoms with Gasteiger partial charge in [0, 0.05) is 0 Å². The van der Waals surface area contributed by atoms with Crippen molar-refractivity contribution in [2.24, 2.45) is 17.8 Å². The SMILES string of the molecule is Cc1cc2ccc1CC[C@@H]1CC[C@H](CC2)[C@H](C)C1. The standard InChI is InChI=1S/C18H26/c1-13-11-15-3-7-17(13)9-5-16-4-8-18(10-6-15)14(2)12-16/h3,7,11,14,16,18H,4-6,8-10,12H2,1-2H3/t14-,16+,18-/m1/s1. The largest absolute Gasteiger partial charge is 0.0622 e. The zero-order chi connectivity index (χ0) is 12.5. The summed E-state index contributed by atoms with van der Waals surface area (Å²) < 4.78 is 0. The molecule has 3 atom stereocenters. The first-order valence-electron chi connectivity index (χ1n) is 7.81. The topological polar surface area (TPSA) is 0 Å². The van der Waals surface area contributed by atoms with E-state index in [1.807, 2.05) is 0 Å². The molecule has 0 spiro atoms. The van der Waals surface area contributed by atoms with E-state index in [1.165, 1.54) is 50.5 Å². The van der Waals surface area contributed by atoms with Crippen LogP contribution in [0.1, 0.15) is 55.7 Å². The normalized spacial score (nSPS) is 32.0. The van der Waals surface area contributed by atoms with E-state index in [1.54, 1.807) is 11.1 Å². The fourth-order valence-electron chi connectivity index (χ4n) is 4.17. The van der Waals surface area contributed by atoms with E-state index in [4.69, 9.17) is 0 Å². The lowest BCUT2D eigenvalue weighted by Gasteiger charge is -2.35. The van der Waals surface area contributed by atoms with E-state index in [2.05, 4.69) is 32.0 Å². The molecule has 0 saturated heterocycles. The second kappa shape index (κ2) is 5.07. The minimum absolute atomic E-state index is 0.960. The van der Waals surface area contributed by atoms with Crippen LogP contribution in [0, 0.1) is 24.7 Å². The molecule has 0 heterocycles. The first-order chi connectivity index (χ1) is 8.72. The van der Waals surface area contributed by atoms with Crippen LogP contribution >= 0.6 is 0 Å². The summed E-state index contributed by atoms with van der Waals surface area (Å²) in [5, 5.41) is 0. The van der Waals surface area contributed by atoms with E-state index in [9.17, 15) is 0 Å². The molecule has 0 heteroatoms. The Balaban J connectivity index is 1.87. The number of rotatable bonds is 0. The minimum atomic E-state index is 0.960. The van der Waals surface area contributed by atoms with Crippen LogP contribution in [0.25, 0.3) is 0 Å². The molecule has 18 heavy (non-hydrogen) atoms. The summed E-state index contributed by atoms with van der Waals surface area (Å²) in [6.07, 6.45) is 9.88. The number of benzene rings is 1. The maximum Gasteiger partial charge on any atom is -0.0274 e. The first-order valence-corrected chi connectivity index (χ1v) is 7.81. The van der Waals surface area contributed by atoms with Gasteiger partial charge in [-0.2, -0.15) is 0 Å². The van der Waals surface area contributed by atoms with Gasteiger partial charge in [-0.25, -0.2) is 0 Å². The molecule has 0 radical (unpaired) electrons. The molecule has 0 N–H and O–H groups in total. The maximum atomic E-state index is 2.50. The molecule has 6 rings (SSSR count). The Morgan fingerprint density at radius 1 is 1.00 bits per heavy atom. The van der Waals surface area contributed by atoms with Gasteiger partial charge >= 0.3 is 0 Å². The first kappa shape index (κ1) is 12.3. The Bertz CT molecular complexity index is 418. The van der Waals surface area contributed by atoms with Crippen LogP contribution in [0.3, 0.4) is 0 Å². The van der Waals surface area contributed by atoms with Crippen molar-refractivity contribution in [1.29, 1.82) is 0 Å². The quantitative estimate of drug-likeness (QED) is 0.605. The van der Waals surface area contributed by atoms with Gasteiger partial charge in [0.2, 0.25) is 0 Å². The third kappa shape index (κ3) is 2.48. The second-order valence-corrected chi connectivity index (χ2v) is 6.75. The third-order valence-corrected chi connectivity index (χ3v) is 5.49. The highest BCUT2D eigenvalue weighted by Gasteiger charge is 2.27. The Morgan fingerprint density at radius 3 is 2.67 bits per heavy atom. The van der Waals surface area contributed by atoms with Gasteiger partial charge in [0.1, 0.15) is 0 Å². The summed E-state index contributed by atoms with van der Waals surface area (Å²) in [5.74, 6) is 2.94. The van der Waals surface area contributed by atoms with Crippen LogP contribution in [0.15, 0.2) is 18.2 Å². The predicted octanol–water partition coefficient (Wildman–Crippen LogP) is 4.93. The molecule has 0 amide bonds. The molecule has 4 bridgehead atoms. The van der Waals surface area contributed by atoms with Crippen LogP contribution in [0.4, 0.5) is 0 Å². The van der Waals surface area contributed by atoms with Gasteiger partial charge in [0.05, 0.1) is 0 Å². The highest BCUT2D eigenvalue weighted by molar-refractivity contribution is 5.31. The fourth-order valence-corrected chi connectivity index (χ4v) is 4.17. The molecular weight excluding hydrogens is 216 g/mol. The summed E-state index contributed by atoms with van der Waals surface area (Å²) in [6.45, 7) is 4.79. The molecule has 1 saturated carbocycles. The smallest absolute Gasteiger partial charge is 0.0274 e. The van der Waals surface area contributed by atoms with Crippen LogP contribution in [-0.2, 0) is 12.8 Å². The lowest BCUT2D eigenvalue weighted by molar-refractivity contribution is 0.177. The molecule has 0 aliphatic heterocycles. The molecule has 0 nitrogen and oxygen atoms in total. The summed E-state index contributed by atoms with van der Waals surface area (Å²) >= 11 is 0. The highest BCUT2D eigenvalue weighted by atomic mass is 14.3. The lowest BCUT2D eigenvalue weighted by Crippen LogP contribution is -2.24. The van der Waals surface area contributed by atoms with Crippen LogP contribution in [-0.4, -0.2) is 0 Å². The molecule has 1 aromatic carbocycles. The van der Waals surface area contributed by atoms with Crippen molar-refractivity contribution in [3.05, 3.63) is 34.9 Å². The molecule has 98 valence electrons. The molecule has 0 unspecified atom stereocenters. The second-order valence-electron chi connectivity index (χ2n) is 6.75. The molecule has 1 fully saturated rings. The number of hydrogen-bond acceptors (Lipinski definition) is 0. The van der Waals surface area contributed by atoms with Gasteiger partial charge in [-0.05, 0) is 79.9 Å². The average molecular weight is 242 g/mol. The number of aryl methyl sites for hydroxylation is 3. The zero-order valence-electron chi connectivity index (χ0n) is 11.9. The predicted molar refractivity (Wildman–Crippen MR) is 77.8 cm³/mol. The molecule has 5 aliphatic carbocycles. The maximum absolute atomic E-state index is 2.50. The van der Waals surface area contributed by atoms with Crippen molar-refractivity contribution in [2.45, 2.75) is 58.8 Å². The van der Waals surface area contributed by atoms with Crippen LogP contribution < -0.4 is 0 Å². The highest BCUT2D eigenvalue weighted by Crippen LogP contribution is 2.38.